The molecule has 0 amide bonds. The Bertz CT molecular complexity index is 891. The van der Waals surface area contributed by atoms with Crippen LogP contribution in [0.5, 0.6) is 0 Å². The van der Waals surface area contributed by atoms with Crippen molar-refractivity contribution < 1.29 is 41.0 Å². The first-order valence-corrected chi connectivity index (χ1v) is 8.82. The summed E-state index contributed by atoms with van der Waals surface area (Å²) in [6.45, 7) is 0.828. The molecular weight excluding hydrogens is 420 g/mol. The lowest BCUT2D eigenvalue weighted by Gasteiger charge is -2.20. The summed E-state index contributed by atoms with van der Waals surface area (Å²) in [6, 6.07) is 2.75. The molecule has 12 heteroatoms. The van der Waals surface area contributed by atoms with Gasteiger partial charge < -0.3 is 9.84 Å². The van der Waals surface area contributed by atoms with Gasteiger partial charge in [0.2, 0.25) is 0 Å². The number of carboxylic acid groups (broad SMARTS) is 1. The summed E-state index contributed by atoms with van der Waals surface area (Å²) < 4.78 is 84.5. The Kier molecular flexibility index (Phi) is 6.09. The highest BCUT2D eigenvalue weighted by Crippen LogP contribution is 2.36. The zero-order valence-corrected chi connectivity index (χ0v) is 15.4. The van der Waals surface area contributed by atoms with Crippen LogP contribution in [-0.4, -0.2) is 39.0 Å². The fourth-order valence-electron chi connectivity index (χ4n) is 3.14. The standard InChI is InChI=1S/C18H17F6N3O3/c19-17(20,21)12-4-11(5-13(6-12)18(22,23)24)9-30-10-26-2-1-3-27-14(8-26)7-15(25-27)16(28)29/h4-7H,1-3,8-10H2,(H,28,29). The van der Waals surface area contributed by atoms with Crippen molar-refractivity contribution in [2.75, 3.05) is 13.3 Å². The summed E-state index contributed by atoms with van der Waals surface area (Å²) in [5.41, 5.74) is -2.50. The van der Waals surface area contributed by atoms with Crippen molar-refractivity contribution in [3.05, 3.63) is 52.3 Å². The number of nitrogens with zero attached hydrogens (tertiary/aromatic N) is 3. The monoisotopic (exact) mass is 437 g/mol. The van der Waals surface area contributed by atoms with Crippen LogP contribution in [0.25, 0.3) is 0 Å². The molecule has 0 atom stereocenters. The van der Waals surface area contributed by atoms with Crippen LogP contribution in [0.4, 0.5) is 26.3 Å². The van der Waals surface area contributed by atoms with E-state index in [0.29, 0.717) is 37.3 Å². The van der Waals surface area contributed by atoms with Crippen LogP contribution in [-0.2, 0) is 36.8 Å². The average Bonchev–Trinajstić information content (AvgIpc) is 2.93. The van der Waals surface area contributed by atoms with E-state index in [2.05, 4.69) is 5.10 Å². The van der Waals surface area contributed by atoms with Gasteiger partial charge in [-0.2, -0.15) is 31.4 Å². The lowest BCUT2D eigenvalue weighted by atomic mass is 10.1. The van der Waals surface area contributed by atoms with Gasteiger partial charge in [0, 0.05) is 19.6 Å². The fraction of sp³-hybridized carbons (Fsp3) is 0.444. The van der Waals surface area contributed by atoms with Crippen molar-refractivity contribution in [1.82, 2.24) is 14.7 Å². The van der Waals surface area contributed by atoms with Crippen molar-refractivity contribution in [1.29, 1.82) is 0 Å². The van der Waals surface area contributed by atoms with E-state index in [1.165, 1.54) is 6.07 Å². The van der Waals surface area contributed by atoms with Crippen molar-refractivity contribution in [3.8, 4) is 0 Å². The largest absolute Gasteiger partial charge is 0.476 e. The number of carboxylic acids is 1. The lowest BCUT2D eigenvalue weighted by Crippen LogP contribution is -2.26. The third kappa shape index (κ3) is 5.30. The van der Waals surface area contributed by atoms with Crippen molar-refractivity contribution in [3.63, 3.8) is 0 Å². The third-order valence-electron chi connectivity index (χ3n) is 4.50. The molecule has 164 valence electrons. The number of carbonyl (C=O) groups is 1. The van der Waals surface area contributed by atoms with E-state index in [1.54, 1.807) is 9.58 Å². The Morgan fingerprint density at radius 1 is 1.03 bits per heavy atom. The molecule has 1 aliphatic heterocycles. The molecule has 0 saturated heterocycles. The zero-order valence-electron chi connectivity index (χ0n) is 15.4. The van der Waals surface area contributed by atoms with E-state index in [0.717, 1.165) is 0 Å². The van der Waals surface area contributed by atoms with Gasteiger partial charge in [-0.25, -0.2) is 4.79 Å². The Morgan fingerprint density at radius 3 is 2.23 bits per heavy atom. The highest BCUT2D eigenvalue weighted by molar-refractivity contribution is 5.85. The maximum atomic E-state index is 12.9. The minimum Gasteiger partial charge on any atom is -0.476 e. The van der Waals surface area contributed by atoms with E-state index in [1.807, 2.05) is 0 Å². The third-order valence-corrected chi connectivity index (χ3v) is 4.50. The number of aromatic carboxylic acids is 1. The number of ether oxygens (including phenoxy) is 1. The lowest BCUT2D eigenvalue weighted by molar-refractivity contribution is -0.143. The second-order valence-corrected chi connectivity index (χ2v) is 6.85. The molecule has 1 aliphatic rings. The molecule has 0 bridgehead atoms. The predicted molar refractivity (Wildman–Crippen MR) is 90.3 cm³/mol. The second kappa shape index (κ2) is 8.26. The van der Waals surface area contributed by atoms with Crippen LogP contribution in [0.2, 0.25) is 0 Å². The maximum Gasteiger partial charge on any atom is 0.416 e. The Morgan fingerprint density at radius 2 is 1.67 bits per heavy atom. The van der Waals surface area contributed by atoms with Crippen LogP contribution in [0.1, 0.15) is 39.3 Å². The van der Waals surface area contributed by atoms with Crippen molar-refractivity contribution in [2.45, 2.75) is 38.5 Å². The van der Waals surface area contributed by atoms with E-state index in [4.69, 9.17) is 9.84 Å². The van der Waals surface area contributed by atoms with Gasteiger partial charge in [-0.1, -0.05) is 0 Å². The first-order chi connectivity index (χ1) is 13.9. The number of fused-ring (bicyclic) bond motifs is 1. The minimum atomic E-state index is -4.92. The van der Waals surface area contributed by atoms with Crippen LogP contribution >= 0.6 is 0 Å². The van der Waals surface area contributed by atoms with Gasteiger partial charge in [0.15, 0.2) is 5.69 Å². The van der Waals surface area contributed by atoms with Gasteiger partial charge >= 0.3 is 18.3 Å². The second-order valence-electron chi connectivity index (χ2n) is 6.85. The molecule has 0 unspecified atom stereocenters. The normalized spacial score (nSPS) is 15.7. The van der Waals surface area contributed by atoms with Crippen LogP contribution in [0.3, 0.4) is 0 Å². The van der Waals surface area contributed by atoms with Crippen molar-refractivity contribution >= 4 is 5.97 Å². The van der Waals surface area contributed by atoms with Crippen LogP contribution in [0.15, 0.2) is 24.3 Å². The SMILES string of the molecule is O=C(O)c1cc2n(n1)CCCN(COCc1cc(C(F)(F)F)cc(C(F)(F)F)c1)C2. The number of aromatic nitrogens is 2. The zero-order chi connectivity index (χ0) is 22.1. The summed E-state index contributed by atoms with van der Waals surface area (Å²) in [5.74, 6) is -1.16. The van der Waals surface area contributed by atoms with Gasteiger partial charge in [0.05, 0.1) is 30.2 Å². The average molecular weight is 437 g/mol. The van der Waals surface area contributed by atoms with Gasteiger partial charge in [-0.05, 0) is 36.2 Å². The first-order valence-electron chi connectivity index (χ1n) is 8.82. The first kappa shape index (κ1) is 22.1. The molecule has 30 heavy (non-hydrogen) atoms. The Labute approximate surface area is 166 Å². The Hall–Kier alpha value is -2.60. The molecular formula is C18H17F6N3O3. The Balaban J connectivity index is 1.67. The summed E-state index contributed by atoms with van der Waals surface area (Å²) in [7, 11) is 0. The molecule has 0 fully saturated rings. The maximum absolute atomic E-state index is 12.9. The summed E-state index contributed by atoms with van der Waals surface area (Å²) in [5, 5.41) is 13.0. The van der Waals surface area contributed by atoms with Crippen LogP contribution in [0, 0.1) is 0 Å². The predicted octanol–water partition coefficient (Wildman–Crippen LogP) is 4.00. The fourth-order valence-corrected chi connectivity index (χ4v) is 3.14. The summed E-state index contributed by atoms with van der Waals surface area (Å²) in [6.07, 6.45) is -9.21. The van der Waals surface area contributed by atoms with E-state index >= 15 is 0 Å². The molecule has 0 radical (unpaired) electrons. The highest BCUT2D eigenvalue weighted by Gasteiger charge is 2.36. The molecule has 2 aromatic rings. The minimum absolute atomic E-state index is 0.0504. The molecule has 1 aromatic carbocycles. The number of hydrogen-bond donors (Lipinski definition) is 1. The highest BCUT2D eigenvalue weighted by atomic mass is 19.4. The molecule has 1 N–H and O–H groups in total. The van der Waals surface area contributed by atoms with E-state index in [9.17, 15) is 31.1 Å². The van der Waals surface area contributed by atoms with Gasteiger partial charge in [0.1, 0.15) is 0 Å². The van der Waals surface area contributed by atoms with Gasteiger partial charge in [-0.15, -0.1) is 0 Å². The number of hydrogen-bond acceptors (Lipinski definition) is 4. The molecule has 1 aromatic heterocycles. The quantitative estimate of drug-likeness (QED) is 0.717. The summed E-state index contributed by atoms with van der Waals surface area (Å²) in [4.78, 5) is 12.8. The van der Waals surface area contributed by atoms with Crippen LogP contribution < -0.4 is 0 Å². The molecule has 0 aliphatic carbocycles. The number of alkyl halides is 6. The van der Waals surface area contributed by atoms with E-state index < -0.39 is 36.1 Å². The molecule has 3 rings (SSSR count). The number of halogens is 6. The summed E-state index contributed by atoms with van der Waals surface area (Å²) >= 11 is 0. The molecule has 2 heterocycles. The van der Waals surface area contributed by atoms with Crippen molar-refractivity contribution in [2.24, 2.45) is 0 Å². The topological polar surface area (TPSA) is 67.6 Å². The van der Waals surface area contributed by atoms with E-state index in [-0.39, 0.29) is 30.6 Å². The molecule has 0 saturated carbocycles. The molecule has 0 spiro atoms. The number of rotatable bonds is 5. The number of aryl methyl sites for hydroxylation is 1. The number of benzene rings is 1. The smallest absolute Gasteiger partial charge is 0.416 e. The molecule has 6 nitrogen and oxygen atoms in total. The van der Waals surface area contributed by atoms with Gasteiger partial charge in [0.25, 0.3) is 0 Å². The van der Waals surface area contributed by atoms with Gasteiger partial charge in [-0.3, -0.25) is 9.58 Å².